The maximum absolute atomic E-state index is 13.4. The first-order valence-electron chi connectivity index (χ1n) is 8.71. The number of nitrogens with zero attached hydrogens (tertiary/aromatic N) is 4. The maximum atomic E-state index is 13.4. The number of hydrogen-bond donors (Lipinski definition) is 0. The standard InChI is InChI=1S/C17H23ClF2N4O2/c1-17(2,3)26-16(25)23-6-4-10-5-7-24(12(10)9-23)15-11(14(19)20)8-13(18)21-22-15/h8,10,12,14H,4-7,9H2,1-3H3. The summed E-state index contributed by atoms with van der Waals surface area (Å²) in [4.78, 5) is 15.9. The van der Waals surface area contributed by atoms with E-state index in [-0.39, 0.29) is 28.7 Å². The van der Waals surface area contributed by atoms with Gasteiger partial charge in [-0.15, -0.1) is 10.2 Å². The summed E-state index contributed by atoms with van der Waals surface area (Å²) in [6.07, 6.45) is -1.38. The van der Waals surface area contributed by atoms with Crippen LogP contribution in [0.1, 0.15) is 45.6 Å². The van der Waals surface area contributed by atoms with Crippen LogP contribution in [0.4, 0.5) is 19.4 Å². The zero-order valence-electron chi connectivity index (χ0n) is 15.1. The van der Waals surface area contributed by atoms with Crippen LogP contribution < -0.4 is 4.90 Å². The molecule has 3 rings (SSSR count). The van der Waals surface area contributed by atoms with E-state index in [0.29, 0.717) is 25.6 Å². The van der Waals surface area contributed by atoms with Crippen LogP contribution in [0.15, 0.2) is 6.07 Å². The molecule has 0 aliphatic carbocycles. The maximum Gasteiger partial charge on any atom is 0.410 e. The predicted octanol–water partition coefficient (Wildman–Crippen LogP) is 3.90. The summed E-state index contributed by atoms with van der Waals surface area (Å²) in [5.41, 5.74) is -0.798. The van der Waals surface area contributed by atoms with Gasteiger partial charge in [-0.3, -0.25) is 0 Å². The SMILES string of the molecule is CC(C)(C)OC(=O)N1CCC2CCN(c3nnc(Cl)cc3C(F)F)C2C1. The van der Waals surface area contributed by atoms with Crippen LogP contribution in [0.3, 0.4) is 0 Å². The second kappa shape index (κ2) is 7.13. The van der Waals surface area contributed by atoms with Gasteiger partial charge in [-0.1, -0.05) is 11.6 Å². The number of aromatic nitrogens is 2. The monoisotopic (exact) mass is 388 g/mol. The molecule has 0 aromatic carbocycles. The first kappa shape index (κ1) is 19.1. The Kier molecular flexibility index (Phi) is 5.23. The zero-order chi connectivity index (χ0) is 19.1. The minimum atomic E-state index is -2.69. The predicted molar refractivity (Wildman–Crippen MR) is 93.7 cm³/mol. The van der Waals surface area contributed by atoms with Gasteiger partial charge in [0.05, 0.1) is 11.6 Å². The molecule has 2 fully saturated rings. The van der Waals surface area contributed by atoms with Gasteiger partial charge < -0.3 is 14.5 Å². The van der Waals surface area contributed by atoms with E-state index in [0.717, 1.165) is 18.9 Å². The number of ether oxygens (including phenoxy) is 1. The molecule has 26 heavy (non-hydrogen) atoms. The average Bonchev–Trinajstić information content (AvgIpc) is 2.96. The molecule has 144 valence electrons. The van der Waals surface area contributed by atoms with Crippen molar-refractivity contribution in [1.29, 1.82) is 0 Å². The van der Waals surface area contributed by atoms with Gasteiger partial charge in [0.2, 0.25) is 0 Å². The number of alkyl halides is 2. The lowest BCUT2D eigenvalue weighted by Crippen LogP contribution is -2.51. The van der Waals surface area contributed by atoms with E-state index in [1.807, 2.05) is 25.7 Å². The van der Waals surface area contributed by atoms with Crippen LogP contribution in [0.5, 0.6) is 0 Å². The highest BCUT2D eigenvalue weighted by Crippen LogP contribution is 2.38. The fraction of sp³-hybridized carbons (Fsp3) is 0.706. The molecule has 2 saturated heterocycles. The third-order valence-electron chi connectivity index (χ3n) is 4.79. The van der Waals surface area contributed by atoms with Gasteiger partial charge in [0.15, 0.2) is 11.0 Å². The average molecular weight is 389 g/mol. The fourth-order valence-corrected chi connectivity index (χ4v) is 3.81. The highest BCUT2D eigenvalue weighted by molar-refractivity contribution is 6.29. The molecule has 1 amide bonds. The summed E-state index contributed by atoms with van der Waals surface area (Å²) in [5.74, 6) is 0.486. The first-order chi connectivity index (χ1) is 12.2. The van der Waals surface area contributed by atoms with Gasteiger partial charge in [0, 0.05) is 19.6 Å². The van der Waals surface area contributed by atoms with Crippen LogP contribution in [0, 0.1) is 5.92 Å². The minimum Gasteiger partial charge on any atom is -0.444 e. The van der Waals surface area contributed by atoms with E-state index in [9.17, 15) is 13.6 Å². The molecule has 0 bridgehead atoms. The summed E-state index contributed by atoms with van der Waals surface area (Å²) in [6, 6.07) is 1.08. The summed E-state index contributed by atoms with van der Waals surface area (Å²) in [6.45, 7) is 7.09. The van der Waals surface area contributed by atoms with Gasteiger partial charge in [0.25, 0.3) is 6.43 Å². The van der Waals surface area contributed by atoms with Crippen LogP contribution in [-0.2, 0) is 4.74 Å². The number of halogens is 3. The highest BCUT2D eigenvalue weighted by atomic mass is 35.5. The van der Waals surface area contributed by atoms with E-state index in [2.05, 4.69) is 10.2 Å². The molecule has 2 aliphatic heterocycles. The normalized spacial score (nSPS) is 23.3. The fourth-order valence-electron chi connectivity index (χ4n) is 3.65. The Hall–Kier alpha value is -1.70. The van der Waals surface area contributed by atoms with Gasteiger partial charge in [-0.25, -0.2) is 13.6 Å². The lowest BCUT2D eigenvalue weighted by molar-refractivity contribution is 0.0172. The van der Waals surface area contributed by atoms with Gasteiger partial charge in [-0.2, -0.15) is 0 Å². The van der Waals surface area contributed by atoms with Crippen molar-refractivity contribution in [3.05, 3.63) is 16.8 Å². The van der Waals surface area contributed by atoms with E-state index < -0.39 is 12.0 Å². The zero-order valence-corrected chi connectivity index (χ0v) is 15.8. The number of carbonyl (C=O) groups excluding carboxylic acids is 1. The Bertz CT molecular complexity index is 683. The van der Waals surface area contributed by atoms with Crippen LogP contribution in [-0.4, -0.2) is 52.5 Å². The third-order valence-corrected chi connectivity index (χ3v) is 4.98. The van der Waals surface area contributed by atoms with Crippen LogP contribution in [0.25, 0.3) is 0 Å². The number of anilines is 1. The number of fused-ring (bicyclic) bond motifs is 1. The molecule has 2 unspecified atom stereocenters. The molecule has 3 heterocycles. The molecule has 2 aliphatic rings. The topological polar surface area (TPSA) is 58.6 Å². The summed E-state index contributed by atoms with van der Waals surface area (Å²) >= 11 is 5.74. The summed E-state index contributed by atoms with van der Waals surface area (Å²) < 4.78 is 32.3. The molecule has 1 aromatic rings. The number of likely N-dealkylation sites (tertiary alicyclic amines) is 1. The molecule has 9 heteroatoms. The van der Waals surface area contributed by atoms with Crippen molar-refractivity contribution in [1.82, 2.24) is 15.1 Å². The van der Waals surface area contributed by atoms with E-state index >= 15 is 0 Å². The van der Waals surface area contributed by atoms with E-state index in [4.69, 9.17) is 16.3 Å². The quantitative estimate of drug-likeness (QED) is 0.769. The molecule has 0 radical (unpaired) electrons. The molecular formula is C17H23ClF2N4O2. The molecule has 0 saturated carbocycles. The molecule has 1 aromatic heterocycles. The van der Waals surface area contributed by atoms with Gasteiger partial charge >= 0.3 is 6.09 Å². The number of piperidine rings is 1. The Morgan fingerprint density at radius 1 is 1.31 bits per heavy atom. The van der Waals surface area contributed by atoms with E-state index in [1.54, 1.807) is 4.90 Å². The summed E-state index contributed by atoms with van der Waals surface area (Å²) in [5, 5.41) is 7.62. The molecule has 6 nitrogen and oxygen atoms in total. The summed E-state index contributed by atoms with van der Waals surface area (Å²) in [7, 11) is 0. The van der Waals surface area contributed by atoms with Crippen LogP contribution in [0.2, 0.25) is 5.15 Å². The minimum absolute atomic E-state index is 0.0566. The second-order valence-corrected chi connectivity index (χ2v) is 8.16. The lowest BCUT2D eigenvalue weighted by Gasteiger charge is -2.39. The number of amides is 1. The molecule has 0 N–H and O–H groups in total. The number of carbonyl (C=O) groups is 1. The Morgan fingerprint density at radius 3 is 2.65 bits per heavy atom. The van der Waals surface area contributed by atoms with Crippen LogP contribution >= 0.6 is 11.6 Å². The van der Waals surface area contributed by atoms with Crippen molar-refractivity contribution in [2.45, 2.75) is 51.7 Å². The van der Waals surface area contributed by atoms with Crippen molar-refractivity contribution in [3.8, 4) is 0 Å². The molecule has 0 spiro atoms. The van der Waals surface area contributed by atoms with Crippen molar-refractivity contribution >= 4 is 23.5 Å². The lowest BCUT2D eigenvalue weighted by atomic mass is 9.92. The molecule has 2 atom stereocenters. The van der Waals surface area contributed by atoms with Crippen molar-refractivity contribution in [3.63, 3.8) is 0 Å². The second-order valence-electron chi connectivity index (χ2n) is 7.77. The Balaban J connectivity index is 1.81. The third kappa shape index (κ3) is 4.00. The highest BCUT2D eigenvalue weighted by Gasteiger charge is 2.42. The largest absolute Gasteiger partial charge is 0.444 e. The first-order valence-corrected chi connectivity index (χ1v) is 9.09. The van der Waals surface area contributed by atoms with Crippen molar-refractivity contribution < 1.29 is 18.3 Å². The Labute approximate surface area is 156 Å². The smallest absolute Gasteiger partial charge is 0.410 e. The number of rotatable bonds is 2. The van der Waals surface area contributed by atoms with Gasteiger partial charge in [0.1, 0.15) is 5.60 Å². The molecular weight excluding hydrogens is 366 g/mol. The van der Waals surface area contributed by atoms with Gasteiger partial charge in [-0.05, 0) is 45.6 Å². The Morgan fingerprint density at radius 2 is 2.00 bits per heavy atom. The van der Waals surface area contributed by atoms with Crippen molar-refractivity contribution in [2.75, 3.05) is 24.5 Å². The van der Waals surface area contributed by atoms with Crippen molar-refractivity contribution in [2.24, 2.45) is 5.92 Å². The van der Waals surface area contributed by atoms with E-state index in [1.165, 1.54) is 0 Å². The number of hydrogen-bond acceptors (Lipinski definition) is 5.